The molecule has 1 aliphatic heterocycles. The molecule has 0 aliphatic carbocycles. The van der Waals surface area contributed by atoms with Crippen LogP contribution in [0.5, 0.6) is 0 Å². The lowest BCUT2D eigenvalue weighted by atomic mass is 10.0. The number of halogens is 2. The third-order valence-corrected chi connectivity index (χ3v) is 8.09. The molecule has 0 aromatic heterocycles. The normalized spacial score (nSPS) is 27.6. The monoisotopic (exact) mass is 363 g/mol. The van der Waals surface area contributed by atoms with Crippen LogP contribution in [-0.2, 0) is 6.42 Å². The molecule has 1 N–H and O–H groups in total. The van der Waals surface area contributed by atoms with Crippen LogP contribution < -0.4 is 5.32 Å². The molecule has 0 saturated carbocycles. The third-order valence-electron chi connectivity index (χ3n) is 3.94. The van der Waals surface area contributed by atoms with Gasteiger partial charge >= 0.3 is 0 Å². The molecule has 1 saturated heterocycles. The van der Waals surface area contributed by atoms with E-state index in [0.717, 1.165) is 33.8 Å². The average Bonchev–Trinajstić information content (AvgIpc) is 2.45. The molecule has 1 aromatic rings. The van der Waals surface area contributed by atoms with Crippen molar-refractivity contribution in [3.8, 4) is 0 Å². The second-order valence-corrected chi connectivity index (χ2v) is 9.40. The fraction of sp³-hybridized carbons (Fsp3) is 0.625. The van der Waals surface area contributed by atoms with Crippen LogP contribution in [0.1, 0.15) is 26.3 Å². The molecular weight excluding hydrogens is 341 g/mol. The van der Waals surface area contributed by atoms with Crippen molar-refractivity contribution in [1.29, 1.82) is 0 Å². The summed E-state index contributed by atoms with van der Waals surface area (Å²) in [6, 6.07) is 6.19. The Balaban J connectivity index is 2.10. The van der Waals surface area contributed by atoms with Gasteiger partial charge in [0.15, 0.2) is 0 Å². The molecule has 1 aromatic carbocycles. The summed E-state index contributed by atoms with van der Waals surface area (Å²) in [5.74, 6) is 1.20. The molecule has 0 radical (unpaired) electrons. The number of hydrogen-bond acceptors (Lipinski definition) is 3. The Bertz CT molecular complexity index is 470. The summed E-state index contributed by atoms with van der Waals surface area (Å²) < 4.78 is 0. The summed E-state index contributed by atoms with van der Waals surface area (Å²) in [5, 5.41) is 7.28. The summed E-state index contributed by atoms with van der Waals surface area (Å²) in [7, 11) is 0. The predicted molar refractivity (Wildman–Crippen MR) is 100 cm³/mol. The van der Waals surface area contributed by atoms with Gasteiger partial charge < -0.3 is 5.32 Å². The summed E-state index contributed by atoms with van der Waals surface area (Å²) in [6.07, 6.45) is 0.937. The first-order chi connectivity index (χ1) is 10.0. The second kappa shape index (κ2) is 8.35. The van der Waals surface area contributed by atoms with Crippen LogP contribution in [0.15, 0.2) is 18.2 Å². The van der Waals surface area contributed by atoms with Crippen LogP contribution in [0.4, 0.5) is 0 Å². The Hall–Kier alpha value is 0.460. The molecule has 1 heterocycles. The molecule has 0 spiro atoms. The van der Waals surface area contributed by atoms with Crippen LogP contribution in [0.25, 0.3) is 0 Å². The molecule has 4 unspecified atom stereocenters. The fourth-order valence-corrected chi connectivity index (χ4v) is 6.07. The summed E-state index contributed by atoms with van der Waals surface area (Å²) >= 11 is 16.6. The molecule has 4 atom stereocenters. The first-order valence-corrected chi connectivity index (χ1v) is 10.2. The number of likely N-dealkylation sites (N-methyl/N-ethyl adjacent to an activating group) is 1. The average molecular weight is 364 g/mol. The van der Waals surface area contributed by atoms with Gasteiger partial charge in [0.05, 0.1) is 0 Å². The summed E-state index contributed by atoms with van der Waals surface area (Å²) in [6.45, 7) is 7.81. The maximum absolute atomic E-state index is 6.33. The minimum Gasteiger partial charge on any atom is -0.313 e. The topological polar surface area (TPSA) is 12.0 Å². The van der Waals surface area contributed by atoms with E-state index in [-0.39, 0.29) is 0 Å². The number of benzene rings is 1. The van der Waals surface area contributed by atoms with Gasteiger partial charge in [-0.25, -0.2) is 0 Å². The molecular formula is C16H23Cl2NS2. The number of thioether (sulfide) groups is 2. The fourth-order valence-electron chi connectivity index (χ4n) is 2.55. The molecule has 118 valence electrons. The highest BCUT2D eigenvalue weighted by Gasteiger charge is 2.31. The lowest BCUT2D eigenvalue weighted by Crippen LogP contribution is -2.44. The highest BCUT2D eigenvalue weighted by atomic mass is 35.5. The Morgan fingerprint density at radius 1 is 1.29 bits per heavy atom. The first-order valence-electron chi connectivity index (χ1n) is 7.45. The van der Waals surface area contributed by atoms with Crippen molar-refractivity contribution in [3.63, 3.8) is 0 Å². The highest BCUT2D eigenvalue weighted by Crippen LogP contribution is 2.38. The smallest absolute Gasteiger partial charge is 0.0439 e. The Labute approximate surface area is 146 Å². The van der Waals surface area contributed by atoms with Gasteiger partial charge in [0.1, 0.15) is 0 Å². The van der Waals surface area contributed by atoms with E-state index >= 15 is 0 Å². The van der Waals surface area contributed by atoms with Crippen molar-refractivity contribution < 1.29 is 0 Å². The van der Waals surface area contributed by atoms with E-state index in [2.05, 4.69) is 49.6 Å². The van der Waals surface area contributed by atoms with Gasteiger partial charge in [-0.3, -0.25) is 0 Å². The van der Waals surface area contributed by atoms with Crippen molar-refractivity contribution >= 4 is 46.7 Å². The van der Waals surface area contributed by atoms with Crippen molar-refractivity contribution in [2.75, 3.05) is 12.3 Å². The molecule has 1 nitrogen and oxygen atoms in total. The van der Waals surface area contributed by atoms with Gasteiger partial charge in [0, 0.05) is 37.6 Å². The van der Waals surface area contributed by atoms with Crippen molar-refractivity contribution in [2.45, 2.75) is 49.0 Å². The number of nitrogens with one attached hydrogen (secondary N) is 1. The first kappa shape index (κ1) is 17.8. The van der Waals surface area contributed by atoms with Crippen molar-refractivity contribution in [2.24, 2.45) is 0 Å². The van der Waals surface area contributed by atoms with Crippen LogP contribution in [0, 0.1) is 0 Å². The molecule has 0 bridgehead atoms. The van der Waals surface area contributed by atoms with E-state index < -0.39 is 0 Å². The molecule has 1 aliphatic rings. The lowest BCUT2D eigenvalue weighted by molar-refractivity contribution is 0.520. The van der Waals surface area contributed by atoms with Gasteiger partial charge in [-0.2, -0.15) is 23.5 Å². The maximum Gasteiger partial charge on any atom is 0.0439 e. The van der Waals surface area contributed by atoms with Crippen LogP contribution in [-0.4, -0.2) is 34.1 Å². The molecule has 0 amide bonds. The number of hydrogen-bond donors (Lipinski definition) is 1. The quantitative estimate of drug-likeness (QED) is 0.777. The molecule has 1 fully saturated rings. The van der Waals surface area contributed by atoms with E-state index in [1.807, 2.05) is 18.2 Å². The summed E-state index contributed by atoms with van der Waals surface area (Å²) in [5.41, 5.74) is 1.15. The lowest BCUT2D eigenvalue weighted by Gasteiger charge is -2.36. The van der Waals surface area contributed by atoms with Crippen LogP contribution in [0.3, 0.4) is 0 Å². The third kappa shape index (κ3) is 4.97. The zero-order chi connectivity index (χ0) is 15.4. The molecule has 5 heteroatoms. The molecule has 2 rings (SSSR count). The van der Waals surface area contributed by atoms with E-state index in [0.29, 0.717) is 16.5 Å². The Kier molecular flexibility index (Phi) is 7.08. The van der Waals surface area contributed by atoms with Gasteiger partial charge in [0.25, 0.3) is 0 Å². The van der Waals surface area contributed by atoms with Gasteiger partial charge in [-0.1, -0.05) is 44.0 Å². The zero-order valence-corrected chi connectivity index (χ0v) is 15.9. The van der Waals surface area contributed by atoms with Gasteiger partial charge in [-0.05, 0) is 36.7 Å². The van der Waals surface area contributed by atoms with Crippen LogP contribution in [0.2, 0.25) is 10.0 Å². The van der Waals surface area contributed by atoms with E-state index in [1.165, 1.54) is 5.75 Å². The predicted octanol–water partition coefficient (Wildman–Crippen LogP) is 5.14. The second-order valence-electron chi connectivity index (χ2n) is 5.52. The Morgan fingerprint density at radius 3 is 2.71 bits per heavy atom. The minimum absolute atomic E-state index is 0.443. The van der Waals surface area contributed by atoms with E-state index in [9.17, 15) is 0 Å². The van der Waals surface area contributed by atoms with Crippen molar-refractivity contribution in [1.82, 2.24) is 5.32 Å². The van der Waals surface area contributed by atoms with Gasteiger partial charge in [0.2, 0.25) is 0 Å². The van der Waals surface area contributed by atoms with Crippen molar-refractivity contribution in [3.05, 3.63) is 33.8 Å². The SMILES string of the molecule is CCNC(Cc1cc(Cl)ccc1Cl)C1CSC(C)C(C)S1. The standard InChI is InChI=1S/C16H23Cl2NS2/c1-4-19-15(16-9-20-10(2)11(3)21-16)8-12-7-13(17)5-6-14(12)18/h5-7,10-11,15-16,19H,4,8-9H2,1-3H3. The highest BCUT2D eigenvalue weighted by molar-refractivity contribution is 8.07. The number of rotatable bonds is 5. The largest absolute Gasteiger partial charge is 0.313 e. The van der Waals surface area contributed by atoms with Crippen LogP contribution >= 0.6 is 46.7 Å². The zero-order valence-electron chi connectivity index (χ0n) is 12.7. The van der Waals surface area contributed by atoms with Gasteiger partial charge in [-0.15, -0.1) is 0 Å². The minimum atomic E-state index is 0.443. The van der Waals surface area contributed by atoms with E-state index in [1.54, 1.807) is 0 Å². The van der Waals surface area contributed by atoms with E-state index in [4.69, 9.17) is 23.2 Å². The Morgan fingerprint density at radius 2 is 2.05 bits per heavy atom. The summed E-state index contributed by atoms with van der Waals surface area (Å²) in [4.78, 5) is 0. The molecule has 21 heavy (non-hydrogen) atoms. The maximum atomic E-state index is 6.33.